The first-order valence-electron chi connectivity index (χ1n) is 10.1. The van der Waals surface area contributed by atoms with Crippen molar-refractivity contribution in [2.24, 2.45) is 0 Å². The number of anilines is 2. The standard InChI is InChI=1S/C23H20N6O4/c1-15(30)26-16-7-9-17(10-8-16)27-20(31)14-28-19-6-4-12-25-21(19)22(32)29(23(28)33)13-18-5-2-3-11-24-18/h2-12H,13-14H2,1H3,(H,26,30)(H,27,31). The lowest BCUT2D eigenvalue weighted by molar-refractivity contribution is -0.117. The molecule has 0 aliphatic carbocycles. The van der Waals surface area contributed by atoms with Crippen LogP contribution in [0, 0.1) is 0 Å². The number of hydrogen-bond acceptors (Lipinski definition) is 6. The van der Waals surface area contributed by atoms with E-state index in [0.717, 1.165) is 4.57 Å². The summed E-state index contributed by atoms with van der Waals surface area (Å²) in [5.41, 5.74) is 0.777. The number of amides is 2. The van der Waals surface area contributed by atoms with Gasteiger partial charge in [0.2, 0.25) is 11.8 Å². The minimum Gasteiger partial charge on any atom is -0.326 e. The Balaban J connectivity index is 1.65. The molecule has 1 aromatic carbocycles. The molecule has 33 heavy (non-hydrogen) atoms. The first-order chi connectivity index (χ1) is 15.9. The van der Waals surface area contributed by atoms with Crippen molar-refractivity contribution >= 4 is 34.2 Å². The molecule has 4 aromatic rings. The Hall–Kier alpha value is -4.60. The van der Waals surface area contributed by atoms with Crippen molar-refractivity contribution in [3.8, 4) is 0 Å². The summed E-state index contributed by atoms with van der Waals surface area (Å²) in [6.45, 7) is 1.04. The van der Waals surface area contributed by atoms with Crippen LogP contribution in [0.1, 0.15) is 12.6 Å². The molecule has 0 spiro atoms. The van der Waals surface area contributed by atoms with Gasteiger partial charge in [0.25, 0.3) is 5.56 Å². The molecule has 0 atom stereocenters. The quantitative estimate of drug-likeness (QED) is 0.465. The molecular formula is C23H20N6O4. The minimum atomic E-state index is -0.637. The molecule has 0 aliphatic heterocycles. The second-order valence-electron chi connectivity index (χ2n) is 7.26. The van der Waals surface area contributed by atoms with Crippen LogP contribution in [-0.4, -0.2) is 30.9 Å². The number of benzene rings is 1. The first-order valence-corrected chi connectivity index (χ1v) is 10.1. The monoisotopic (exact) mass is 444 g/mol. The van der Waals surface area contributed by atoms with Gasteiger partial charge in [-0.3, -0.25) is 28.5 Å². The van der Waals surface area contributed by atoms with Crippen LogP contribution >= 0.6 is 0 Å². The Morgan fingerprint density at radius 2 is 1.55 bits per heavy atom. The second kappa shape index (κ2) is 9.27. The van der Waals surface area contributed by atoms with Gasteiger partial charge in [0.05, 0.1) is 17.8 Å². The molecule has 0 radical (unpaired) electrons. The Morgan fingerprint density at radius 3 is 2.21 bits per heavy atom. The van der Waals surface area contributed by atoms with Crippen LogP contribution in [0.15, 0.2) is 76.6 Å². The average Bonchev–Trinajstić information content (AvgIpc) is 2.81. The maximum absolute atomic E-state index is 13.2. The van der Waals surface area contributed by atoms with Gasteiger partial charge in [0.1, 0.15) is 6.54 Å². The number of rotatable bonds is 6. The van der Waals surface area contributed by atoms with E-state index >= 15 is 0 Å². The van der Waals surface area contributed by atoms with Crippen molar-refractivity contribution in [3.05, 3.63) is 93.5 Å². The van der Waals surface area contributed by atoms with Crippen molar-refractivity contribution < 1.29 is 9.59 Å². The lowest BCUT2D eigenvalue weighted by Gasteiger charge is -2.14. The predicted molar refractivity (Wildman–Crippen MR) is 123 cm³/mol. The van der Waals surface area contributed by atoms with Crippen LogP contribution < -0.4 is 21.9 Å². The number of aromatic nitrogens is 4. The molecule has 10 nitrogen and oxygen atoms in total. The second-order valence-corrected chi connectivity index (χ2v) is 7.26. The van der Waals surface area contributed by atoms with E-state index in [-0.39, 0.29) is 30.0 Å². The van der Waals surface area contributed by atoms with Crippen LogP contribution in [0.25, 0.3) is 11.0 Å². The van der Waals surface area contributed by atoms with Gasteiger partial charge in [0.15, 0.2) is 5.52 Å². The number of hydrogen-bond donors (Lipinski definition) is 2. The van der Waals surface area contributed by atoms with E-state index < -0.39 is 17.2 Å². The van der Waals surface area contributed by atoms with Crippen LogP contribution in [-0.2, 0) is 22.7 Å². The summed E-state index contributed by atoms with van der Waals surface area (Å²) in [5.74, 6) is -0.662. The molecule has 3 heterocycles. The Kier molecular flexibility index (Phi) is 6.07. The number of nitrogens with zero attached hydrogens (tertiary/aromatic N) is 4. The lowest BCUT2D eigenvalue weighted by atomic mass is 10.2. The summed E-state index contributed by atoms with van der Waals surface area (Å²) < 4.78 is 2.24. The van der Waals surface area contributed by atoms with E-state index in [4.69, 9.17) is 0 Å². The molecule has 2 N–H and O–H groups in total. The van der Waals surface area contributed by atoms with Crippen LogP contribution in [0.2, 0.25) is 0 Å². The molecule has 0 saturated heterocycles. The number of carbonyl (C=O) groups excluding carboxylic acids is 2. The highest BCUT2D eigenvalue weighted by Gasteiger charge is 2.17. The summed E-state index contributed by atoms with van der Waals surface area (Å²) >= 11 is 0. The number of nitrogens with one attached hydrogen (secondary N) is 2. The largest absolute Gasteiger partial charge is 0.332 e. The zero-order valence-corrected chi connectivity index (χ0v) is 17.7. The SMILES string of the molecule is CC(=O)Nc1ccc(NC(=O)Cn2c(=O)n(Cc3ccccn3)c(=O)c3ncccc32)cc1. The van der Waals surface area contributed by atoms with Gasteiger partial charge >= 0.3 is 5.69 Å². The van der Waals surface area contributed by atoms with Gasteiger partial charge in [0, 0.05) is 30.7 Å². The fourth-order valence-corrected chi connectivity index (χ4v) is 3.37. The summed E-state index contributed by atoms with van der Waals surface area (Å²) in [4.78, 5) is 58.3. The highest BCUT2D eigenvalue weighted by Crippen LogP contribution is 2.14. The molecular weight excluding hydrogens is 424 g/mol. The van der Waals surface area contributed by atoms with Gasteiger partial charge in [-0.2, -0.15) is 0 Å². The molecule has 10 heteroatoms. The third kappa shape index (κ3) is 4.85. The van der Waals surface area contributed by atoms with E-state index in [1.54, 1.807) is 60.8 Å². The third-order valence-electron chi connectivity index (χ3n) is 4.82. The molecule has 0 unspecified atom stereocenters. The van der Waals surface area contributed by atoms with Crippen LogP contribution in [0.5, 0.6) is 0 Å². The molecule has 0 fully saturated rings. The van der Waals surface area contributed by atoms with Gasteiger partial charge in [-0.15, -0.1) is 0 Å². The van der Waals surface area contributed by atoms with E-state index in [1.807, 2.05) is 0 Å². The smallest absolute Gasteiger partial charge is 0.326 e. The molecule has 0 saturated carbocycles. The lowest BCUT2D eigenvalue weighted by Crippen LogP contribution is -2.42. The van der Waals surface area contributed by atoms with E-state index in [2.05, 4.69) is 20.6 Å². The Morgan fingerprint density at radius 1 is 0.848 bits per heavy atom. The van der Waals surface area contributed by atoms with Crippen molar-refractivity contribution in [2.75, 3.05) is 10.6 Å². The van der Waals surface area contributed by atoms with Gasteiger partial charge in [-0.1, -0.05) is 6.07 Å². The number of carbonyl (C=O) groups is 2. The molecule has 166 valence electrons. The van der Waals surface area contributed by atoms with Gasteiger partial charge in [-0.25, -0.2) is 9.78 Å². The van der Waals surface area contributed by atoms with E-state index in [9.17, 15) is 19.2 Å². The maximum Gasteiger partial charge on any atom is 0.332 e. The van der Waals surface area contributed by atoms with Crippen molar-refractivity contribution in [1.82, 2.24) is 19.1 Å². The minimum absolute atomic E-state index is 0.0444. The molecule has 3 aromatic heterocycles. The number of pyridine rings is 2. The Labute approximate surface area is 187 Å². The molecule has 0 bridgehead atoms. The van der Waals surface area contributed by atoms with Crippen molar-refractivity contribution in [2.45, 2.75) is 20.0 Å². The molecule has 2 amide bonds. The highest BCUT2D eigenvalue weighted by molar-refractivity contribution is 5.92. The zero-order valence-electron chi connectivity index (χ0n) is 17.7. The zero-order chi connectivity index (χ0) is 23.4. The summed E-state index contributed by atoms with van der Waals surface area (Å²) in [7, 11) is 0. The summed E-state index contributed by atoms with van der Waals surface area (Å²) in [5, 5.41) is 5.36. The predicted octanol–water partition coefficient (Wildman–Crippen LogP) is 1.60. The molecule has 4 rings (SSSR count). The van der Waals surface area contributed by atoms with E-state index in [1.165, 1.54) is 17.7 Å². The summed E-state index contributed by atoms with van der Waals surface area (Å²) in [6.07, 6.45) is 3.03. The maximum atomic E-state index is 13.2. The third-order valence-corrected chi connectivity index (χ3v) is 4.82. The van der Waals surface area contributed by atoms with Gasteiger partial charge < -0.3 is 10.6 Å². The topological polar surface area (TPSA) is 128 Å². The average molecular weight is 444 g/mol. The van der Waals surface area contributed by atoms with E-state index in [0.29, 0.717) is 17.1 Å². The summed E-state index contributed by atoms with van der Waals surface area (Å²) in [6, 6.07) is 14.9. The fraction of sp³-hybridized carbons (Fsp3) is 0.130. The van der Waals surface area contributed by atoms with Crippen LogP contribution in [0.4, 0.5) is 11.4 Å². The molecule has 0 aliphatic rings. The fourth-order valence-electron chi connectivity index (χ4n) is 3.37. The number of fused-ring (bicyclic) bond motifs is 1. The van der Waals surface area contributed by atoms with Crippen molar-refractivity contribution in [3.63, 3.8) is 0 Å². The van der Waals surface area contributed by atoms with Gasteiger partial charge in [-0.05, 0) is 48.5 Å². The first kappa shape index (κ1) is 21.6. The highest BCUT2D eigenvalue weighted by atomic mass is 16.2. The normalized spacial score (nSPS) is 10.7. The van der Waals surface area contributed by atoms with Crippen molar-refractivity contribution in [1.29, 1.82) is 0 Å². The van der Waals surface area contributed by atoms with Crippen LogP contribution in [0.3, 0.4) is 0 Å². The Bertz CT molecular complexity index is 1440.